The second-order valence-electron chi connectivity index (χ2n) is 4.35. The summed E-state index contributed by atoms with van der Waals surface area (Å²) in [6.07, 6.45) is 1.21. The lowest BCUT2D eigenvalue weighted by atomic mass is 9.97. The molecule has 1 aliphatic heterocycles. The molecule has 0 aliphatic carbocycles. The van der Waals surface area contributed by atoms with Crippen LogP contribution in [0.3, 0.4) is 0 Å². The van der Waals surface area contributed by atoms with Gasteiger partial charge >= 0.3 is 0 Å². The summed E-state index contributed by atoms with van der Waals surface area (Å²) < 4.78 is 5.80. The van der Waals surface area contributed by atoms with Crippen molar-refractivity contribution in [3.05, 3.63) is 35.4 Å². The van der Waals surface area contributed by atoms with Crippen molar-refractivity contribution < 1.29 is 4.74 Å². The zero-order valence-electron chi connectivity index (χ0n) is 9.78. The highest BCUT2D eigenvalue weighted by Crippen LogP contribution is 2.26. The molecule has 0 bridgehead atoms. The van der Waals surface area contributed by atoms with Gasteiger partial charge in [-0.3, -0.25) is 0 Å². The van der Waals surface area contributed by atoms with Crippen molar-refractivity contribution in [2.75, 3.05) is 19.7 Å². The monoisotopic (exact) mass is 220 g/mol. The third-order valence-corrected chi connectivity index (χ3v) is 3.10. The third-order valence-electron chi connectivity index (χ3n) is 3.10. The molecule has 1 heterocycles. The molecule has 2 unspecified atom stereocenters. The van der Waals surface area contributed by atoms with Crippen LogP contribution in [0.1, 0.15) is 24.2 Å². The zero-order valence-corrected chi connectivity index (χ0v) is 9.78. The SMILES string of the molecule is CC(CN)NCC1OCCc2ccccc21. The lowest BCUT2D eigenvalue weighted by molar-refractivity contribution is 0.0411. The Kier molecular flexibility index (Phi) is 3.93. The molecule has 0 fully saturated rings. The molecule has 3 nitrogen and oxygen atoms in total. The minimum atomic E-state index is 0.180. The van der Waals surface area contributed by atoms with Crippen LogP contribution in [-0.2, 0) is 11.2 Å². The Labute approximate surface area is 97.0 Å². The molecule has 0 saturated heterocycles. The van der Waals surface area contributed by atoms with E-state index >= 15 is 0 Å². The summed E-state index contributed by atoms with van der Waals surface area (Å²) in [5, 5.41) is 3.39. The van der Waals surface area contributed by atoms with Crippen molar-refractivity contribution in [3.63, 3.8) is 0 Å². The molecule has 1 aliphatic rings. The lowest BCUT2D eigenvalue weighted by Crippen LogP contribution is -2.37. The van der Waals surface area contributed by atoms with Gasteiger partial charge in [-0.15, -0.1) is 0 Å². The number of rotatable bonds is 4. The van der Waals surface area contributed by atoms with E-state index in [0.29, 0.717) is 12.6 Å². The van der Waals surface area contributed by atoms with Crippen molar-refractivity contribution >= 4 is 0 Å². The van der Waals surface area contributed by atoms with Gasteiger partial charge in [0.25, 0.3) is 0 Å². The standard InChI is InChI=1S/C13H20N2O/c1-10(8-14)15-9-13-12-5-3-2-4-11(12)6-7-16-13/h2-5,10,13,15H,6-9,14H2,1H3. The van der Waals surface area contributed by atoms with E-state index in [1.165, 1.54) is 11.1 Å². The van der Waals surface area contributed by atoms with Crippen molar-refractivity contribution in [3.8, 4) is 0 Å². The van der Waals surface area contributed by atoms with E-state index in [-0.39, 0.29) is 6.10 Å². The van der Waals surface area contributed by atoms with Crippen LogP contribution in [0.4, 0.5) is 0 Å². The quantitative estimate of drug-likeness (QED) is 0.802. The maximum Gasteiger partial charge on any atom is 0.0952 e. The van der Waals surface area contributed by atoms with Gasteiger partial charge in [0.1, 0.15) is 0 Å². The van der Waals surface area contributed by atoms with Gasteiger partial charge in [-0.25, -0.2) is 0 Å². The second kappa shape index (κ2) is 5.43. The minimum Gasteiger partial charge on any atom is -0.372 e. The van der Waals surface area contributed by atoms with Crippen molar-refractivity contribution in [2.24, 2.45) is 5.73 Å². The summed E-state index contributed by atoms with van der Waals surface area (Å²) >= 11 is 0. The van der Waals surface area contributed by atoms with E-state index in [2.05, 4.69) is 36.5 Å². The van der Waals surface area contributed by atoms with Crippen LogP contribution < -0.4 is 11.1 Å². The molecule has 3 N–H and O–H groups in total. The number of fused-ring (bicyclic) bond motifs is 1. The van der Waals surface area contributed by atoms with Crippen LogP contribution in [0.2, 0.25) is 0 Å². The molecule has 2 rings (SSSR count). The van der Waals surface area contributed by atoms with Crippen LogP contribution in [0.15, 0.2) is 24.3 Å². The highest BCUT2D eigenvalue weighted by atomic mass is 16.5. The fourth-order valence-electron chi connectivity index (χ4n) is 2.04. The maximum absolute atomic E-state index is 5.80. The summed E-state index contributed by atoms with van der Waals surface area (Å²) in [6.45, 7) is 4.42. The molecule has 1 aromatic carbocycles. The van der Waals surface area contributed by atoms with Crippen LogP contribution in [0.25, 0.3) is 0 Å². The highest BCUT2D eigenvalue weighted by molar-refractivity contribution is 5.31. The molecule has 88 valence electrons. The predicted molar refractivity (Wildman–Crippen MR) is 65.4 cm³/mol. The number of nitrogens with two attached hydrogens (primary N) is 1. The Morgan fingerprint density at radius 3 is 3.12 bits per heavy atom. The lowest BCUT2D eigenvalue weighted by Gasteiger charge is -2.27. The van der Waals surface area contributed by atoms with Gasteiger partial charge in [0.2, 0.25) is 0 Å². The van der Waals surface area contributed by atoms with Crippen molar-refractivity contribution in [2.45, 2.75) is 25.5 Å². The van der Waals surface area contributed by atoms with Gasteiger partial charge in [-0.1, -0.05) is 24.3 Å². The van der Waals surface area contributed by atoms with E-state index in [9.17, 15) is 0 Å². The highest BCUT2D eigenvalue weighted by Gasteiger charge is 2.20. The molecule has 0 radical (unpaired) electrons. The molecular formula is C13H20N2O. The van der Waals surface area contributed by atoms with E-state index in [1.54, 1.807) is 0 Å². The summed E-state index contributed by atoms with van der Waals surface area (Å²) in [7, 11) is 0. The molecule has 16 heavy (non-hydrogen) atoms. The molecule has 0 aromatic heterocycles. The summed E-state index contributed by atoms with van der Waals surface area (Å²) in [4.78, 5) is 0. The predicted octanol–water partition coefficient (Wildman–Crippen LogP) is 1.24. The molecule has 2 atom stereocenters. The first-order valence-electron chi connectivity index (χ1n) is 5.94. The van der Waals surface area contributed by atoms with E-state index < -0.39 is 0 Å². The second-order valence-corrected chi connectivity index (χ2v) is 4.35. The fourth-order valence-corrected chi connectivity index (χ4v) is 2.04. The zero-order chi connectivity index (χ0) is 11.4. The van der Waals surface area contributed by atoms with Gasteiger partial charge < -0.3 is 15.8 Å². The number of nitrogens with one attached hydrogen (secondary N) is 1. The normalized spacial score (nSPS) is 21.5. The van der Waals surface area contributed by atoms with Crippen LogP contribution >= 0.6 is 0 Å². The Morgan fingerprint density at radius 2 is 2.31 bits per heavy atom. The van der Waals surface area contributed by atoms with Gasteiger partial charge in [0.15, 0.2) is 0 Å². The van der Waals surface area contributed by atoms with Gasteiger partial charge in [-0.2, -0.15) is 0 Å². The van der Waals surface area contributed by atoms with Crippen molar-refractivity contribution in [1.29, 1.82) is 0 Å². The van der Waals surface area contributed by atoms with Gasteiger partial charge in [0.05, 0.1) is 12.7 Å². The molecule has 0 saturated carbocycles. The van der Waals surface area contributed by atoms with Gasteiger partial charge in [0, 0.05) is 19.1 Å². The Hall–Kier alpha value is -0.900. The molecule has 0 spiro atoms. The third kappa shape index (κ3) is 2.61. The topological polar surface area (TPSA) is 47.3 Å². The van der Waals surface area contributed by atoms with E-state index in [0.717, 1.165) is 19.6 Å². The number of ether oxygens (including phenoxy) is 1. The van der Waals surface area contributed by atoms with Crippen molar-refractivity contribution in [1.82, 2.24) is 5.32 Å². The van der Waals surface area contributed by atoms with Crippen LogP contribution in [0.5, 0.6) is 0 Å². The number of hydrogen-bond acceptors (Lipinski definition) is 3. The first-order chi connectivity index (χ1) is 7.81. The smallest absolute Gasteiger partial charge is 0.0952 e. The molecule has 1 aromatic rings. The maximum atomic E-state index is 5.80. The largest absolute Gasteiger partial charge is 0.372 e. The molecule has 3 heteroatoms. The van der Waals surface area contributed by atoms with Crippen LogP contribution in [0, 0.1) is 0 Å². The molecule has 0 amide bonds. The summed E-state index contributed by atoms with van der Waals surface area (Å²) in [5.74, 6) is 0. The Balaban J connectivity index is 2.01. The number of hydrogen-bond donors (Lipinski definition) is 2. The average Bonchev–Trinajstić information content (AvgIpc) is 2.35. The Bertz CT molecular complexity index is 340. The van der Waals surface area contributed by atoms with Gasteiger partial charge in [-0.05, 0) is 24.5 Å². The first-order valence-corrected chi connectivity index (χ1v) is 5.94. The van der Waals surface area contributed by atoms with Crippen LogP contribution in [-0.4, -0.2) is 25.7 Å². The Morgan fingerprint density at radius 1 is 1.50 bits per heavy atom. The number of benzene rings is 1. The van der Waals surface area contributed by atoms with E-state index in [1.807, 2.05) is 0 Å². The van der Waals surface area contributed by atoms with E-state index in [4.69, 9.17) is 10.5 Å². The first kappa shape index (κ1) is 11.6. The summed E-state index contributed by atoms with van der Waals surface area (Å²) in [6, 6.07) is 8.87. The fraction of sp³-hybridized carbons (Fsp3) is 0.538. The average molecular weight is 220 g/mol. The molecular weight excluding hydrogens is 200 g/mol. The summed E-state index contributed by atoms with van der Waals surface area (Å²) in [5.41, 5.74) is 8.32. The minimum absolute atomic E-state index is 0.180.